The number of aromatic nitrogens is 1. The highest BCUT2D eigenvalue weighted by atomic mass is 35.5. The second-order valence-corrected chi connectivity index (χ2v) is 5.39. The molecule has 0 fully saturated rings. The fourth-order valence-electron chi connectivity index (χ4n) is 2.36. The minimum atomic E-state index is -0.434. The first-order valence-corrected chi connectivity index (χ1v) is 7.61. The van der Waals surface area contributed by atoms with Crippen molar-refractivity contribution in [3.05, 3.63) is 40.7 Å². The Morgan fingerprint density at radius 2 is 1.80 bits per heavy atom. The Balaban J connectivity index is 2.00. The lowest BCUT2D eigenvalue weighted by Gasteiger charge is -2.19. The first-order valence-electron chi connectivity index (χ1n) is 7.23. The number of methoxy groups -OCH3 is 3. The Labute approximate surface area is 149 Å². The molecule has 1 aliphatic heterocycles. The van der Waals surface area contributed by atoms with Crippen molar-refractivity contribution < 1.29 is 23.7 Å². The summed E-state index contributed by atoms with van der Waals surface area (Å²) in [5.41, 5.74) is 0.644. The highest BCUT2D eigenvalue weighted by molar-refractivity contribution is 6.29. The number of fused-ring (bicyclic) bond motifs is 1. The molecule has 0 radical (unpaired) electrons. The van der Waals surface area contributed by atoms with Gasteiger partial charge >= 0.3 is 0 Å². The summed E-state index contributed by atoms with van der Waals surface area (Å²) in [5, 5.41) is 2.90. The number of pyridine rings is 1. The van der Waals surface area contributed by atoms with Crippen LogP contribution in [0.5, 0.6) is 23.0 Å². The van der Waals surface area contributed by atoms with E-state index in [1.54, 1.807) is 30.3 Å². The minimum absolute atomic E-state index is 0.103. The van der Waals surface area contributed by atoms with Gasteiger partial charge in [0.1, 0.15) is 5.15 Å². The lowest BCUT2D eigenvalue weighted by atomic mass is 10.1. The van der Waals surface area contributed by atoms with E-state index in [4.69, 9.17) is 30.5 Å². The summed E-state index contributed by atoms with van der Waals surface area (Å²) in [4.78, 5) is 16.2. The predicted molar refractivity (Wildman–Crippen MR) is 92.6 cm³/mol. The average Bonchev–Trinajstić information content (AvgIpc) is 2.61. The van der Waals surface area contributed by atoms with E-state index >= 15 is 0 Å². The number of amides is 1. The molecule has 7 nitrogen and oxygen atoms in total. The molecule has 0 saturated heterocycles. The van der Waals surface area contributed by atoms with Crippen molar-refractivity contribution in [1.29, 1.82) is 0 Å². The highest BCUT2D eigenvalue weighted by Crippen LogP contribution is 2.39. The zero-order valence-corrected chi connectivity index (χ0v) is 14.5. The zero-order chi connectivity index (χ0) is 18.0. The standard InChI is InChI=1S/C17H15ClN2O5/c1-22-11-6-9(7-12(23-2)15(11)24-3)8-13-17(21)20-16-10(25-13)4-5-14(18)19-16/h4-8H,1-3H3,(H,19,20,21). The second kappa shape index (κ2) is 6.90. The van der Waals surface area contributed by atoms with Gasteiger partial charge in [-0.3, -0.25) is 4.79 Å². The first kappa shape index (κ1) is 16.9. The molecule has 1 aromatic heterocycles. The third-order valence-electron chi connectivity index (χ3n) is 3.48. The maximum atomic E-state index is 12.2. The number of ether oxygens (including phenoxy) is 4. The second-order valence-electron chi connectivity index (χ2n) is 5.00. The van der Waals surface area contributed by atoms with Crippen molar-refractivity contribution in [3.8, 4) is 23.0 Å². The Bertz CT molecular complexity index is 841. The molecule has 0 saturated carbocycles. The first-order chi connectivity index (χ1) is 12.0. The molecule has 8 heteroatoms. The molecule has 3 rings (SSSR count). The Kier molecular flexibility index (Phi) is 4.67. The van der Waals surface area contributed by atoms with E-state index in [0.717, 1.165) is 0 Å². The molecule has 130 valence electrons. The molecule has 1 aromatic carbocycles. The fourth-order valence-corrected chi connectivity index (χ4v) is 2.51. The van der Waals surface area contributed by atoms with Crippen molar-refractivity contribution in [2.24, 2.45) is 0 Å². The van der Waals surface area contributed by atoms with E-state index in [9.17, 15) is 4.79 Å². The Morgan fingerprint density at radius 3 is 2.40 bits per heavy atom. The summed E-state index contributed by atoms with van der Waals surface area (Å²) in [6.45, 7) is 0. The van der Waals surface area contributed by atoms with Crippen molar-refractivity contribution in [3.63, 3.8) is 0 Å². The molecule has 0 unspecified atom stereocenters. The van der Waals surface area contributed by atoms with Gasteiger partial charge in [0.25, 0.3) is 5.91 Å². The van der Waals surface area contributed by atoms with Gasteiger partial charge in [-0.15, -0.1) is 0 Å². The topological polar surface area (TPSA) is 78.9 Å². The fraction of sp³-hybridized carbons (Fsp3) is 0.176. The normalized spacial score (nSPS) is 14.4. The predicted octanol–water partition coefficient (Wildman–Crippen LogP) is 3.13. The van der Waals surface area contributed by atoms with Crippen LogP contribution >= 0.6 is 11.6 Å². The molecular formula is C17H15ClN2O5. The van der Waals surface area contributed by atoms with E-state index in [-0.39, 0.29) is 16.7 Å². The van der Waals surface area contributed by atoms with Crippen LogP contribution in [0.3, 0.4) is 0 Å². The van der Waals surface area contributed by atoms with Crippen LogP contribution in [0.2, 0.25) is 5.15 Å². The van der Waals surface area contributed by atoms with Crippen LogP contribution in [0.1, 0.15) is 5.56 Å². The van der Waals surface area contributed by atoms with Crippen molar-refractivity contribution in [2.75, 3.05) is 26.6 Å². The number of halogens is 1. The minimum Gasteiger partial charge on any atom is -0.493 e. The van der Waals surface area contributed by atoms with Crippen molar-refractivity contribution in [2.45, 2.75) is 0 Å². The summed E-state index contributed by atoms with van der Waals surface area (Å²) in [6.07, 6.45) is 1.57. The van der Waals surface area contributed by atoms with E-state index < -0.39 is 5.91 Å². The molecule has 0 bridgehead atoms. The SMILES string of the molecule is COc1cc(C=C2Oc3ccc(Cl)nc3NC2=O)cc(OC)c1OC. The number of nitrogens with one attached hydrogen (secondary N) is 1. The summed E-state index contributed by atoms with van der Waals surface area (Å²) in [6, 6.07) is 6.63. The number of nitrogens with zero attached hydrogens (tertiary/aromatic N) is 1. The molecule has 0 spiro atoms. The van der Waals surface area contributed by atoms with Gasteiger partial charge in [0.05, 0.1) is 21.3 Å². The van der Waals surface area contributed by atoms with E-state index in [2.05, 4.69) is 10.3 Å². The number of carbonyl (C=O) groups is 1. The summed E-state index contributed by atoms with van der Waals surface area (Å²) >= 11 is 5.81. The number of rotatable bonds is 4. The molecule has 25 heavy (non-hydrogen) atoms. The molecule has 2 heterocycles. The van der Waals surface area contributed by atoms with E-state index in [0.29, 0.717) is 28.6 Å². The number of hydrogen-bond donors (Lipinski definition) is 1. The molecule has 1 amide bonds. The van der Waals surface area contributed by atoms with Crippen LogP contribution in [0.15, 0.2) is 30.0 Å². The number of carbonyl (C=O) groups excluding carboxylic acids is 1. The van der Waals surface area contributed by atoms with E-state index in [1.807, 2.05) is 0 Å². The van der Waals surface area contributed by atoms with Crippen molar-refractivity contribution >= 4 is 29.4 Å². The van der Waals surface area contributed by atoms with Gasteiger partial charge in [0.2, 0.25) is 5.75 Å². The Hall–Kier alpha value is -2.93. The lowest BCUT2D eigenvalue weighted by molar-refractivity contribution is -0.115. The average molecular weight is 363 g/mol. The van der Waals surface area contributed by atoms with Crippen LogP contribution in [0.25, 0.3) is 6.08 Å². The van der Waals surface area contributed by atoms with E-state index in [1.165, 1.54) is 21.3 Å². The molecule has 0 atom stereocenters. The number of anilines is 1. The van der Waals surface area contributed by atoms with Crippen LogP contribution in [-0.4, -0.2) is 32.2 Å². The monoisotopic (exact) mass is 362 g/mol. The van der Waals surface area contributed by atoms with Gasteiger partial charge in [-0.25, -0.2) is 4.98 Å². The molecule has 2 aromatic rings. The zero-order valence-electron chi connectivity index (χ0n) is 13.8. The molecule has 1 N–H and O–H groups in total. The lowest BCUT2D eigenvalue weighted by Crippen LogP contribution is -2.24. The number of hydrogen-bond acceptors (Lipinski definition) is 6. The smallest absolute Gasteiger partial charge is 0.292 e. The van der Waals surface area contributed by atoms with Crippen LogP contribution < -0.4 is 24.3 Å². The van der Waals surface area contributed by atoms with Gasteiger partial charge in [-0.2, -0.15) is 0 Å². The van der Waals surface area contributed by atoms with Crippen LogP contribution in [-0.2, 0) is 4.79 Å². The quantitative estimate of drug-likeness (QED) is 0.665. The number of benzene rings is 1. The summed E-state index contributed by atoms with van der Waals surface area (Å²) in [5.74, 6) is 1.76. The molecule has 1 aliphatic rings. The maximum Gasteiger partial charge on any atom is 0.292 e. The Morgan fingerprint density at radius 1 is 1.12 bits per heavy atom. The van der Waals surface area contributed by atoms with Gasteiger partial charge in [-0.05, 0) is 35.9 Å². The van der Waals surface area contributed by atoms with Gasteiger partial charge in [0.15, 0.2) is 28.8 Å². The molecular weight excluding hydrogens is 348 g/mol. The van der Waals surface area contributed by atoms with Crippen molar-refractivity contribution in [1.82, 2.24) is 4.98 Å². The molecule has 0 aliphatic carbocycles. The van der Waals surface area contributed by atoms with Gasteiger partial charge in [-0.1, -0.05) is 11.6 Å². The largest absolute Gasteiger partial charge is 0.493 e. The summed E-state index contributed by atoms with van der Waals surface area (Å²) in [7, 11) is 4.55. The third-order valence-corrected chi connectivity index (χ3v) is 3.70. The maximum absolute atomic E-state index is 12.2. The van der Waals surface area contributed by atoms with Crippen LogP contribution in [0.4, 0.5) is 5.82 Å². The highest BCUT2D eigenvalue weighted by Gasteiger charge is 2.24. The van der Waals surface area contributed by atoms with Gasteiger partial charge in [0, 0.05) is 0 Å². The van der Waals surface area contributed by atoms with Crippen LogP contribution in [0, 0.1) is 0 Å². The summed E-state index contributed by atoms with van der Waals surface area (Å²) < 4.78 is 21.5. The van der Waals surface area contributed by atoms with Gasteiger partial charge < -0.3 is 24.3 Å². The third kappa shape index (κ3) is 3.32.